The van der Waals surface area contributed by atoms with Gasteiger partial charge in [0.1, 0.15) is 18.1 Å². The van der Waals surface area contributed by atoms with Crippen molar-refractivity contribution in [3.05, 3.63) is 41.1 Å². The number of carbonyl (C=O) groups excluding carboxylic acids is 2. The van der Waals surface area contributed by atoms with Gasteiger partial charge in [0.25, 0.3) is 0 Å². The maximum absolute atomic E-state index is 14.6. The Kier molecular flexibility index (Phi) is 7.55. The number of rotatable bonds is 8. The Bertz CT molecular complexity index is 961. The summed E-state index contributed by atoms with van der Waals surface area (Å²) in [5.74, 6) is -1.59. The van der Waals surface area contributed by atoms with E-state index in [1.807, 2.05) is 19.6 Å². The molecule has 1 aromatic carbocycles. The standard InChI is InChI=1S/C22H29F2N3O4Si/c1-13-26-27-20(31-13)12-19(29)25-21(15-5-7-30-8-6-15)18(28)11-14-9-16(23)22(17(24)10-14)32(2,3)4/h9-10,15,21H,5-8,11-12H2,1-4H3,(H,25,29). The molecule has 1 aliphatic heterocycles. The Morgan fingerprint density at radius 3 is 2.28 bits per heavy atom. The fourth-order valence-electron chi connectivity index (χ4n) is 4.04. The lowest BCUT2D eigenvalue weighted by Crippen LogP contribution is -2.48. The summed E-state index contributed by atoms with van der Waals surface area (Å²) in [6, 6.07) is 1.68. The van der Waals surface area contributed by atoms with Crippen LogP contribution in [0.3, 0.4) is 0 Å². The van der Waals surface area contributed by atoms with Crippen LogP contribution in [0, 0.1) is 24.5 Å². The first-order valence-corrected chi connectivity index (χ1v) is 14.2. The molecule has 1 aromatic heterocycles. The number of Topliss-reactive ketones (excluding diaryl/α,β-unsaturated/α-hetero) is 1. The number of halogens is 2. The molecule has 1 N–H and O–H groups in total. The van der Waals surface area contributed by atoms with Gasteiger partial charge in [-0.3, -0.25) is 9.59 Å². The zero-order chi connectivity index (χ0) is 23.5. The molecular formula is C22H29F2N3O4Si. The molecule has 1 atom stereocenters. The third-order valence-electron chi connectivity index (χ3n) is 5.51. The monoisotopic (exact) mass is 465 g/mol. The van der Waals surface area contributed by atoms with Crippen molar-refractivity contribution in [3.8, 4) is 0 Å². The molecule has 0 saturated carbocycles. The lowest BCUT2D eigenvalue weighted by atomic mass is 9.87. The van der Waals surface area contributed by atoms with E-state index in [-0.39, 0.29) is 41.2 Å². The summed E-state index contributed by atoms with van der Waals surface area (Å²) >= 11 is 0. The van der Waals surface area contributed by atoms with Crippen molar-refractivity contribution in [3.63, 3.8) is 0 Å². The number of nitrogens with one attached hydrogen (secondary N) is 1. The van der Waals surface area contributed by atoms with Crippen LogP contribution >= 0.6 is 0 Å². The maximum Gasteiger partial charge on any atom is 0.230 e. The second kappa shape index (κ2) is 9.99. The quantitative estimate of drug-likeness (QED) is 0.602. The highest BCUT2D eigenvalue weighted by Gasteiger charge is 2.32. The van der Waals surface area contributed by atoms with Crippen LogP contribution in [-0.4, -0.2) is 49.2 Å². The summed E-state index contributed by atoms with van der Waals surface area (Å²) in [4.78, 5) is 25.7. The number of amides is 1. The van der Waals surface area contributed by atoms with Crippen LogP contribution in [0.4, 0.5) is 8.78 Å². The summed E-state index contributed by atoms with van der Waals surface area (Å²) in [6.45, 7) is 8.18. The number of ether oxygens (including phenoxy) is 1. The van der Waals surface area contributed by atoms with Crippen LogP contribution in [0.5, 0.6) is 0 Å². The van der Waals surface area contributed by atoms with Crippen molar-refractivity contribution >= 4 is 25.0 Å². The van der Waals surface area contributed by atoms with E-state index < -0.39 is 31.7 Å². The molecular weight excluding hydrogens is 436 g/mol. The van der Waals surface area contributed by atoms with Gasteiger partial charge in [0.2, 0.25) is 17.7 Å². The Hall–Kier alpha value is -2.46. The van der Waals surface area contributed by atoms with Crippen LogP contribution in [0.2, 0.25) is 19.6 Å². The van der Waals surface area contributed by atoms with Gasteiger partial charge in [-0.15, -0.1) is 10.2 Å². The molecule has 0 aliphatic carbocycles. The molecule has 32 heavy (non-hydrogen) atoms. The summed E-state index contributed by atoms with van der Waals surface area (Å²) in [7, 11) is -2.22. The van der Waals surface area contributed by atoms with E-state index in [9.17, 15) is 18.4 Å². The number of nitrogens with zero attached hydrogens (tertiary/aromatic N) is 2. The number of benzene rings is 1. The molecule has 1 amide bonds. The summed E-state index contributed by atoms with van der Waals surface area (Å²) in [5.41, 5.74) is 0.255. The topological polar surface area (TPSA) is 94.3 Å². The van der Waals surface area contributed by atoms with Gasteiger partial charge in [-0.25, -0.2) is 8.78 Å². The lowest BCUT2D eigenvalue weighted by molar-refractivity contribution is -0.129. The summed E-state index contributed by atoms with van der Waals surface area (Å²) < 4.78 is 39.9. The molecule has 2 heterocycles. The molecule has 1 aliphatic rings. The first-order valence-electron chi connectivity index (χ1n) is 10.7. The van der Waals surface area contributed by atoms with Crippen molar-refractivity contribution in [1.29, 1.82) is 0 Å². The second-order valence-corrected chi connectivity index (χ2v) is 14.2. The summed E-state index contributed by atoms with van der Waals surface area (Å²) in [5, 5.41) is 10.4. The van der Waals surface area contributed by atoms with E-state index in [0.29, 0.717) is 31.9 Å². The van der Waals surface area contributed by atoms with Gasteiger partial charge in [-0.2, -0.15) is 0 Å². The van der Waals surface area contributed by atoms with Crippen molar-refractivity contribution in [2.24, 2.45) is 5.92 Å². The average molecular weight is 466 g/mol. The third-order valence-corrected chi connectivity index (χ3v) is 7.49. The van der Waals surface area contributed by atoms with E-state index in [2.05, 4.69) is 15.5 Å². The molecule has 1 fully saturated rings. The van der Waals surface area contributed by atoms with Gasteiger partial charge in [0, 0.05) is 31.7 Å². The van der Waals surface area contributed by atoms with Crippen molar-refractivity contribution in [2.75, 3.05) is 13.2 Å². The minimum atomic E-state index is -2.22. The van der Waals surface area contributed by atoms with Crippen molar-refractivity contribution in [2.45, 2.75) is 58.3 Å². The van der Waals surface area contributed by atoms with Gasteiger partial charge in [0.15, 0.2) is 5.78 Å². The Morgan fingerprint density at radius 1 is 1.12 bits per heavy atom. The molecule has 1 unspecified atom stereocenters. The number of ketones is 1. The Labute approximate surface area is 186 Å². The first-order chi connectivity index (χ1) is 15.0. The molecule has 0 bridgehead atoms. The van der Waals surface area contributed by atoms with E-state index in [4.69, 9.17) is 9.15 Å². The first kappa shape index (κ1) is 24.2. The van der Waals surface area contributed by atoms with E-state index >= 15 is 0 Å². The molecule has 3 rings (SSSR count). The number of aromatic nitrogens is 2. The van der Waals surface area contributed by atoms with Crippen molar-refractivity contribution < 1.29 is 27.5 Å². The van der Waals surface area contributed by atoms with E-state index in [1.165, 1.54) is 12.1 Å². The van der Waals surface area contributed by atoms with E-state index in [0.717, 1.165) is 0 Å². The maximum atomic E-state index is 14.6. The number of hydrogen-bond acceptors (Lipinski definition) is 6. The highest BCUT2D eigenvalue weighted by molar-refractivity contribution is 6.88. The number of hydrogen-bond donors (Lipinski definition) is 1. The predicted molar refractivity (Wildman–Crippen MR) is 116 cm³/mol. The zero-order valence-corrected chi connectivity index (χ0v) is 19.8. The number of carbonyl (C=O) groups is 2. The molecule has 7 nitrogen and oxygen atoms in total. The van der Waals surface area contributed by atoms with Gasteiger partial charge in [-0.1, -0.05) is 19.6 Å². The van der Waals surface area contributed by atoms with Crippen LogP contribution in [0.25, 0.3) is 0 Å². The minimum Gasteiger partial charge on any atom is -0.425 e. The second-order valence-electron chi connectivity index (χ2n) is 9.21. The lowest BCUT2D eigenvalue weighted by Gasteiger charge is -2.30. The Morgan fingerprint density at radius 2 is 1.75 bits per heavy atom. The van der Waals surface area contributed by atoms with Crippen molar-refractivity contribution in [1.82, 2.24) is 15.5 Å². The van der Waals surface area contributed by atoms with Crippen LogP contribution in [0.15, 0.2) is 16.5 Å². The molecule has 0 spiro atoms. The Balaban J connectivity index is 1.77. The normalized spacial score (nSPS) is 16.1. The fourth-order valence-corrected chi connectivity index (χ4v) is 5.61. The van der Waals surface area contributed by atoms with Crippen LogP contribution in [0.1, 0.15) is 30.2 Å². The molecule has 10 heteroatoms. The largest absolute Gasteiger partial charge is 0.425 e. The fraction of sp³-hybridized carbons (Fsp3) is 0.545. The highest BCUT2D eigenvalue weighted by atomic mass is 28.3. The number of aryl methyl sites for hydroxylation is 1. The van der Waals surface area contributed by atoms with E-state index in [1.54, 1.807) is 6.92 Å². The zero-order valence-electron chi connectivity index (χ0n) is 18.8. The molecule has 174 valence electrons. The molecule has 2 aromatic rings. The smallest absolute Gasteiger partial charge is 0.230 e. The highest BCUT2D eigenvalue weighted by Crippen LogP contribution is 2.22. The van der Waals surface area contributed by atoms with Gasteiger partial charge in [0.05, 0.1) is 14.1 Å². The molecule has 0 radical (unpaired) electrons. The SMILES string of the molecule is Cc1nnc(CC(=O)NC(C(=O)Cc2cc(F)c([Si](C)(C)C)c(F)c2)C2CCOCC2)o1. The minimum absolute atomic E-state index is 0.123. The third kappa shape index (κ3) is 6.07. The van der Waals surface area contributed by atoms with Crippen LogP contribution < -0.4 is 10.5 Å². The predicted octanol–water partition coefficient (Wildman–Crippen LogP) is 2.47. The van der Waals surface area contributed by atoms with Gasteiger partial charge < -0.3 is 14.5 Å². The summed E-state index contributed by atoms with van der Waals surface area (Å²) in [6.07, 6.45) is 0.880. The van der Waals surface area contributed by atoms with Gasteiger partial charge in [-0.05, 0) is 36.5 Å². The van der Waals surface area contributed by atoms with Gasteiger partial charge >= 0.3 is 0 Å². The van der Waals surface area contributed by atoms with Crippen LogP contribution in [-0.2, 0) is 27.2 Å². The average Bonchev–Trinajstić information content (AvgIpc) is 3.09. The molecule has 1 saturated heterocycles.